The van der Waals surface area contributed by atoms with Gasteiger partial charge >= 0.3 is 5.97 Å². The molecule has 2 aromatic rings. The monoisotopic (exact) mass is 329 g/mol. The van der Waals surface area contributed by atoms with Crippen LogP contribution in [0, 0.1) is 6.92 Å². The molecule has 1 aromatic carbocycles. The van der Waals surface area contributed by atoms with Crippen molar-refractivity contribution in [3.63, 3.8) is 0 Å². The van der Waals surface area contributed by atoms with Crippen molar-refractivity contribution in [2.24, 2.45) is 0 Å². The first-order valence-electron chi connectivity index (χ1n) is 7.71. The molecule has 1 saturated heterocycles. The molecule has 1 N–H and O–H groups in total. The predicted octanol–water partition coefficient (Wildman–Crippen LogP) is 3.77. The SMILES string of the molecule is Cc1cc(C(=O)O)cc(C(=O)N2CCC(c3ccsc3)CC2)c1. The molecule has 4 nitrogen and oxygen atoms in total. The molecule has 3 rings (SSSR count). The Morgan fingerprint density at radius 2 is 1.87 bits per heavy atom. The zero-order chi connectivity index (χ0) is 16.4. The van der Waals surface area contributed by atoms with E-state index in [9.17, 15) is 9.59 Å². The zero-order valence-electron chi connectivity index (χ0n) is 13.0. The molecule has 1 amide bonds. The largest absolute Gasteiger partial charge is 0.478 e. The number of piperidine rings is 1. The lowest BCUT2D eigenvalue weighted by molar-refractivity contribution is 0.0696. The molecular weight excluding hydrogens is 310 g/mol. The van der Waals surface area contributed by atoms with Crippen molar-refractivity contribution in [1.29, 1.82) is 0 Å². The number of carbonyl (C=O) groups excluding carboxylic acids is 1. The highest BCUT2D eigenvalue weighted by Gasteiger charge is 2.25. The molecule has 1 aromatic heterocycles. The van der Waals surface area contributed by atoms with Gasteiger partial charge in [0.15, 0.2) is 0 Å². The number of carbonyl (C=O) groups is 2. The molecule has 1 aliphatic rings. The summed E-state index contributed by atoms with van der Waals surface area (Å²) in [5.74, 6) is -0.545. The number of benzene rings is 1. The number of carboxylic acid groups (broad SMARTS) is 1. The molecule has 0 aliphatic carbocycles. The van der Waals surface area contributed by atoms with Crippen LogP contribution in [0.4, 0.5) is 0 Å². The van der Waals surface area contributed by atoms with Crippen molar-refractivity contribution < 1.29 is 14.7 Å². The van der Waals surface area contributed by atoms with Crippen LogP contribution in [0.25, 0.3) is 0 Å². The molecule has 0 bridgehead atoms. The van der Waals surface area contributed by atoms with E-state index in [0.29, 0.717) is 11.5 Å². The molecule has 0 saturated carbocycles. The predicted molar refractivity (Wildman–Crippen MR) is 90.3 cm³/mol. The van der Waals surface area contributed by atoms with Crippen LogP contribution >= 0.6 is 11.3 Å². The highest BCUT2D eigenvalue weighted by molar-refractivity contribution is 7.07. The van der Waals surface area contributed by atoms with E-state index in [-0.39, 0.29) is 11.5 Å². The highest BCUT2D eigenvalue weighted by atomic mass is 32.1. The van der Waals surface area contributed by atoms with Gasteiger partial charge in [0.25, 0.3) is 5.91 Å². The maximum absolute atomic E-state index is 12.7. The summed E-state index contributed by atoms with van der Waals surface area (Å²) in [6.45, 7) is 3.25. The first kappa shape index (κ1) is 15.7. The summed E-state index contributed by atoms with van der Waals surface area (Å²) in [7, 11) is 0. The number of aryl methyl sites for hydroxylation is 1. The number of nitrogens with zero attached hydrogens (tertiary/aromatic N) is 1. The summed E-state index contributed by atoms with van der Waals surface area (Å²) >= 11 is 1.71. The molecule has 1 aliphatic heterocycles. The van der Waals surface area contributed by atoms with Gasteiger partial charge < -0.3 is 10.0 Å². The van der Waals surface area contributed by atoms with Gasteiger partial charge in [-0.05, 0) is 71.8 Å². The van der Waals surface area contributed by atoms with E-state index in [2.05, 4.69) is 16.8 Å². The number of aromatic carboxylic acids is 1. The third-order valence-corrected chi connectivity index (χ3v) is 5.07. The van der Waals surface area contributed by atoms with Gasteiger partial charge in [0.1, 0.15) is 0 Å². The van der Waals surface area contributed by atoms with Crippen LogP contribution in [0.2, 0.25) is 0 Å². The molecule has 0 atom stereocenters. The van der Waals surface area contributed by atoms with Crippen molar-refractivity contribution >= 4 is 23.2 Å². The van der Waals surface area contributed by atoms with Crippen molar-refractivity contribution in [2.45, 2.75) is 25.7 Å². The van der Waals surface area contributed by atoms with E-state index in [1.165, 1.54) is 11.6 Å². The Hall–Kier alpha value is -2.14. The molecule has 0 radical (unpaired) electrons. The van der Waals surface area contributed by atoms with Crippen molar-refractivity contribution in [1.82, 2.24) is 4.90 Å². The summed E-state index contributed by atoms with van der Waals surface area (Å²) in [5, 5.41) is 13.4. The van der Waals surface area contributed by atoms with Gasteiger partial charge in [-0.25, -0.2) is 4.79 Å². The Balaban J connectivity index is 1.71. The van der Waals surface area contributed by atoms with Gasteiger partial charge in [-0.3, -0.25) is 4.79 Å². The number of hydrogen-bond acceptors (Lipinski definition) is 3. The van der Waals surface area contributed by atoms with Crippen LogP contribution in [0.3, 0.4) is 0 Å². The van der Waals surface area contributed by atoms with E-state index >= 15 is 0 Å². The maximum atomic E-state index is 12.7. The third-order valence-electron chi connectivity index (χ3n) is 4.37. The van der Waals surface area contributed by atoms with E-state index < -0.39 is 5.97 Å². The number of likely N-dealkylation sites (tertiary alicyclic amines) is 1. The van der Waals surface area contributed by atoms with Crippen LogP contribution in [0.15, 0.2) is 35.0 Å². The van der Waals surface area contributed by atoms with Crippen molar-refractivity contribution in [3.05, 3.63) is 57.3 Å². The van der Waals surface area contributed by atoms with Gasteiger partial charge in [-0.2, -0.15) is 11.3 Å². The van der Waals surface area contributed by atoms with Crippen molar-refractivity contribution in [2.75, 3.05) is 13.1 Å². The zero-order valence-corrected chi connectivity index (χ0v) is 13.8. The van der Waals surface area contributed by atoms with E-state index in [1.54, 1.807) is 23.5 Å². The number of hydrogen-bond donors (Lipinski definition) is 1. The lowest BCUT2D eigenvalue weighted by Gasteiger charge is -2.32. The Labute approximate surface area is 139 Å². The summed E-state index contributed by atoms with van der Waals surface area (Å²) in [4.78, 5) is 25.6. The molecule has 120 valence electrons. The fourth-order valence-electron chi connectivity index (χ4n) is 3.14. The standard InChI is InChI=1S/C18H19NO3S/c1-12-8-15(10-16(9-12)18(21)22)17(20)19-5-2-13(3-6-19)14-4-7-23-11-14/h4,7-11,13H,2-3,5-6H2,1H3,(H,21,22). The fraction of sp³-hybridized carbons (Fsp3) is 0.333. The minimum atomic E-state index is -1.00. The molecule has 5 heteroatoms. The molecular formula is C18H19NO3S. The topological polar surface area (TPSA) is 57.6 Å². The average molecular weight is 329 g/mol. The van der Waals surface area contributed by atoms with Crippen LogP contribution in [-0.4, -0.2) is 35.0 Å². The first-order valence-corrected chi connectivity index (χ1v) is 8.65. The molecule has 0 unspecified atom stereocenters. The summed E-state index contributed by atoms with van der Waals surface area (Å²) in [5.41, 5.74) is 2.80. The second kappa shape index (κ2) is 6.54. The lowest BCUT2D eigenvalue weighted by atomic mass is 9.91. The molecule has 2 heterocycles. The number of rotatable bonds is 3. The minimum Gasteiger partial charge on any atom is -0.478 e. The Morgan fingerprint density at radius 1 is 1.17 bits per heavy atom. The van der Waals surface area contributed by atoms with Crippen LogP contribution in [0.1, 0.15) is 50.6 Å². The van der Waals surface area contributed by atoms with Gasteiger partial charge in [0, 0.05) is 18.7 Å². The minimum absolute atomic E-state index is 0.0695. The average Bonchev–Trinajstić information content (AvgIpc) is 3.08. The second-order valence-electron chi connectivity index (χ2n) is 6.02. The molecule has 23 heavy (non-hydrogen) atoms. The Kier molecular flexibility index (Phi) is 4.48. The van der Waals surface area contributed by atoms with Gasteiger partial charge in [-0.1, -0.05) is 0 Å². The second-order valence-corrected chi connectivity index (χ2v) is 6.80. The number of carboxylic acids is 1. The first-order chi connectivity index (χ1) is 11.0. The van der Waals surface area contributed by atoms with E-state index in [4.69, 9.17) is 5.11 Å². The highest BCUT2D eigenvalue weighted by Crippen LogP contribution is 2.30. The van der Waals surface area contributed by atoms with Gasteiger partial charge in [-0.15, -0.1) is 0 Å². The van der Waals surface area contributed by atoms with Gasteiger partial charge in [0.05, 0.1) is 5.56 Å². The Morgan fingerprint density at radius 3 is 2.48 bits per heavy atom. The smallest absolute Gasteiger partial charge is 0.335 e. The lowest BCUT2D eigenvalue weighted by Crippen LogP contribution is -2.38. The van der Waals surface area contributed by atoms with Crippen LogP contribution in [0.5, 0.6) is 0 Å². The number of amides is 1. The Bertz CT molecular complexity index is 716. The third kappa shape index (κ3) is 3.45. The summed E-state index contributed by atoms with van der Waals surface area (Å²) in [6.07, 6.45) is 1.92. The maximum Gasteiger partial charge on any atom is 0.335 e. The summed E-state index contributed by atoms with van der Waals surface area (Å²) in [6, 6.07) is 6.98. The van der Waals surface area contributed by atoms with Crippen LogP contribution < -0.4 is 0 Å². The van der Waals surface area contributed by atoms with Crippen LogP contribution in [-0.2, 0) is 0 Å². The number of thiophene rings is 1. The fourth-order valence-corrected chi connectivity index (χ4v) is 3.88. The summed E-state index contributed by atoms with van der Waals surface area (Å²) < 4.78 is 0. The van der Waals surface area contributed by atoms with E-state index in [1.807, 2.05) is 11.8 Å². The van der Waals surface area contributed by atoms with Crippen molar-refractivity contribution in [3.8, 4) is 0 Å². The quantitative estimate of drug-likeness (QED) is 0.932. The normalized spacial score (nSPS) is 15.6. The van der Waals surface area contributed by atoms with Gasteiger partial charge in [0.2, 0.25) is 0 Å². The molecule has 0 spiro atoms. The molecule has 1 fully saturated rings. The van der Waals surface area contributed by atoms with E-state index in [0.717, 1.165) is 31.5 Å².